The number of benzene rings is 2. The highest BCUT2D eigenvalue weighted by Gasteiger charge is 2.33. The quantitative estimate of drug-likeness (QED) is 0.653. The Morgan fingerprint density at radius 3 is 1.83 bits per heavy atom. The van der Waals surface area contributed by atoms with Crippen LogP contribution in [0.15, 0.2) is 42.5 Å². The second-order valence-corrected chi connectivity index (χ2v) is 3.69. The fourth-order valence-electron chi connectivity index (χ4n) is 1.63. The first-order chi connectivity index (χ1) is 8.38. The van der Waals surface area contributed by atoms with Crippen molar-refractivity contribution in [1.29, 1.82) is 0 Å². The summed E-state index contributed by atoms with van der Waals surface area (Å²) in [6.45, 7) is 0. The maximum atomic E-state index is 13.1. The lowest BCUT2D eigenvalue weighted by atomic mass is 9.99. The minimum absolute atomic E-state index is 0.114. The lowest BCUT2D eigenvalue weighted by Crippen LogP contribution is -2.07. The van der Waals surface area contributed by atoms with Crippen molar-refractivity contribution in [2.75, 3.05) is 0 Å². The number of rotatable bonds is 1. The van der Waals surface area contributed by atoms with Crippen LogP contribution < -0.4 is 0 Å². The molecule has 0 atom stereocenters. The Labute approximate surface area is 99.7 Å². The molecule has 0 saturated heterocycles. The van der Waals surface area contributed by atoms with Gasteiger partial charge in [-0.1, -0.05) is 12.1 Å². The number of halogens is 5. The Bertz CT molecular complexity index is 555. The van der Waals surface area contributed by atoms with Gasteiger partial charge in [0.1, 0.15) is 11.6 Å². The normalized spacial score (nSPS) is 11.6. The highest BCUT2D eigenvalue weighted by molar-refractivity contribution is 5.68. The van der Waals surface area contributed by atoms with Crippen LogP contribution in [0.3, 0.4) is 0 Å². The molecule has 0 heterocycles. The summed E-state index contributed by atoms with van der Waals surface area (Å²) in [5.41, 5.74) is -1.14. The smallest absolute Gasteiger partial charge is 0.207 e. The summed E-state index contributed by atoms with van der Waals surface area (Å²) in [6.07, 6.45) is -4.59. The van der Waals surface area contributed by atoms with Crippen molar-refractivity contribution in [3.05, 3.63) is 59.7 Å². The minimum Gasteiger partial charge on any atom is -0.207 e. The molecule has 0 radical (unpaired) electrons. The Balaban J connectivity index is 2.62. The van der Waals surface area contributed by atoms with Gasteiger partial charge in [-0.15, -0.1) is 0 Å². The van der Waals surface area contributed by atoms with Gasteiger partial charge in [0.15, 0.2) is 0 Å². The van der Waals surface area contributed by atoms with E-state index in [0.29, 0.717) is 6.07 Å². The number of alkyl halides is 3. The molecule has 0 aliphatic carbocycles. The summed E-state index contributed by atoms with van der Waals surface area (Å²) in [6, 6.07) is 6.62. The summed E-state index contributed by atoms with van der Waals surface area (Å²) in [5.74, 6) is -1.34. The van der Waals surface area contributed by atoms with Gasteiger partial charge in [0.05, 0.1) is 5.56 Å². The van der Waals surface area contributed by atoms with Gasteiger partial charge < -0.3 is 0 Å². The molecule has 0 aliphatic rings. The van der Waals surface area contributed by atoms with E-state index in [2.05, 4.69) is 0 Å². The molecule has 0 amide bonds. The van der Waals surface area contributed by atoms with Crippen LogP contribution in [0.1, 0.15) is 5.56 Å². The predicted molar refractivity (Wildman–Crippen MR) is 56.8 cm³/mol. The van der Waals surface area contributed by atoms with Gasteiger partial charge in [-0.05, 0) is 41.5 Å². The molecule has 0 nitrogen and oxygen atoms in total. The van der Waals surface area contributed by atoms with Crippen molar-refractivity contribution in [2.24, 2.45) is 0 Å². The average molecular weight is 258 g/mol. The van der Waals surface area contributed by atoms with Crippen LogP contribution in [0.25, 0.3) is 11.1 Å². The summed E-state index contributed by atoms with van der Waals surface area (Å²) >= 11 is 0. The Morgan fingerprint density at radius 1 is 0.722 bits per heavy atom. The molecule has 0 fully saturated rings. The molecule has 0 bridgehead atoms. The Hall–Kier alpha value is -1.91. The molecule has 0 spiro atoms. The van der Waals surface area contributed by atoms with E-state index < -0.39 is 23.4 Å². The molecule has 2 aromatic rings. The molecule has 5 heteroatoms. The zero-order valence-electron chi connectivity index (χ0n) is 8.93. The summed E-state index contributed by atoms with van der Waals surface area (Å²) < 4.78 is 64.0. The largest absolute Gasteiger partial charge is 0.417 e. The summed E-state index contributed by atoms with van der Waals surface area (Å²) in [7, 11) is 0. The van der Waals surface area contributed by atoms with Gasteiger partial charge >= 0.3 is 6.18 Å². The first-order valence-corrected chi connectivity index (χ1v) is 5.00. The van der Waals surface area contributed by atoms with Gasteiger partial charge in [0.2, 0.25) is 0 Å². The van der Waals surface area contributed by atoms with Gasteiger partial charge in [-0.3, -0.25) is 0 Å². The predicted octanol–water partition coefficient (Wildman–Crippen LogP) is 4.65. The zero-order valence-corrected chi connectivity index (χ0v) is 8.93. The highest BCUT2D eigenvalue weighted by Crippen LogP contribution is 2.37. The van der Waals surface area contributed by atoms with Crippen molar-refractivity contribution >= 4 is 0 Å². The van der Waals surface area contributed by atoms with Crippen LogP contribution in [0, 0.1) is 11.6 Å². The van der Waals surface area contributed by atoms with Gasteiger partial charge in [0, 0.05) is 0 Å². The van der Waals surface area contributed by atoms with Crippen LogP contribution >= 0.6 is 0 Å². The third kappa shape index (κ3) is 2.50. The molecule has 0 unspecified atom stereocenters. The van der Waals surface area contributed by atoms with E-state index in [1.807, 2.05) is 0 Å². The van der Waals surface area contributed by atoms with Crippen molar-refractivity contribution < 1.29 is 22.0 Å². The molecule has 2 aromatic carbocycles. The Morgan fingerprint density at radius 2 is 1.28 bits per heavy atom. The van der Waals surface area contributed by atoms with E-state index in [9.17, 15) is 22.0 Å². The van der Waals surface area contributed by atoms with E-state index >= 15 is 0 Å². The third-order valence-electron chi connectivity index (χ3n) is 2.44. The van der Waals surface area contributed by atoms with E-state index in [0.717, 1.165) is 24.3 Å². The van der Waals surface area contributed by atoms with Crippen LogP contribution in [-0.2, 0) is 6.18 Å². The molecule has 94 valence electrons. The van der Waals surface area contributed by atoms with Crippen LogP contribution in [0.4, 0.5) is 22.0 Å². The Kier molecular flexibility index (Phi) is 3.07. The zero-order chi connectivity index (χ0) is 13.3. The SMILES string of the molecule is Fc1ccc(-c2cc(F)ccc2C(F)(F)F)cc1. The third-order valence-corrected chi connectivity index (χ3v) is 2.44. The fourth-order valence-corrected chi connectivity index (χ4v) is 1.63. The molecule has 0 aliphatic heterocycles. The topological polar surface area (TPSA) is 0 Å². The van der Waals surface area contributed by atoms with Crippen molar-refractivity contribution in [2.45, 2.75) is 6.18 Å². The molecular formula is C13H7F5. The molecule has 0 aromatic heterocycles. The highest BCUT2D eigenvalue weighted by atomic mass is 19.4. The molecule has 2 rings (SSSR count). The van der Waals surface area contributed by atoms with Crippen LogP contribution in [-0.4, -0.2) is 0 Å². The van der Waals surface area contributed by atoms with Gasteiger partial charge in [-0.2, -0.15) is 13.2 Å². The lowest BCUT2D eigenvalue weighted by molar-refractivity contribution is -0.137. The summed E-state index contributed by atoms with van der Waals surface area (Å²) in [5, 5.41) is 0. The standard InChI is InChI=1S/C13H7F5/c14-9-3-1-8(2-4-9)11-7-10(15)5-6-12(11)13(16,17)18/h1-7H. The van der Waals surface area contributed by atoms with Gasteiger partial charge in [-0.25, -0.2) is 8.78 Å². The van der Waals surface area contributed by atoms with Crippen LogP contribution in [0.5, 0.6) is 0 Å². The van der Waals surface area contributed by atoms with Crippen molar-refractivity contribution in [3.8, 4) is 11.1 Å². The van der Waals surface area contributed by atoms with Crippen molar-refractivity contribution in [3.63, 3.8) is 0 Å². The minimum atomic E-state index is -4.59. The average Bonchev–Trinajstić information content (AvgIpc) is 2.28. The van der Waals surface area contributed by atoms with E-state index in [1.165, 1.54) is 12.1 Å². The molecular weight excluding hydrogens is 251 g/mol. The fraction of sp³-hybridized carbons (Fsp3) is 0.0769. The number of hydrogen-bond acceptors (Lipinski definition) is 0. The summed E-state index contributed by atoms with van der Waals surface area (Å²) in [4.78, 5) is 0. The second-order valence-electron chi connectivity index (χ2n) is 3.69. The monoisotopic (exact) mass is 258 g/mol. The lowest BCUT2D eigenvalue weighted by Gasteiger charge is -2.13. The first kappa shape index (κ1) is 12.5. The maximum Gasteiger partial charge on any atom is 0.417 e. The molecule has 0 saturated carbocycles. The molecule has 0 N–H and O–H groups in total. The maximum absolute atomic E-state index is 13.1. The van der Waals surface area contributed by atoms with E-state index in [1.54, 1.807) is 0 Å². The van der Waals surface area contributed by atoms with Gasteiger partial charge in [0.25, 0.3) is 0 Å². The molecule has 18 heavy (non-hydrogen) atoms. The first-order valence-electron chi connectivity index (χ1n) is 5.00. The second kappa shape index (κ2) is 4.40. The number of hydrogen-bond donors (Lipinski definition) is 0. The van der Waals surface area contributed by atoms with E-state index in [-0.39, 0.29) is 11.1 Å². The van der Waals surface area contributed by atoms with E-state index in [4.69, 9.17) is 0 Å². The van der Waals surface area contributed by atoms with Crippen LogP contribution in [0.2, 0.25) is 0 Å². The van der Waals surface area contributed by atoms with Crippen molar-refractivity contribution in [1.82, 2.24) is 0 Å².